The zero-order chi connectivity index (χ0) is 31.9. The Kier molecular flexibility index (Phi) is 8.70. The molecule has 2 aromatic heterocycles. The van der Waals surface area contributed by atoms with E-state index in [9.17, 15) is 9.59 Å². The molecule has 4 aromatic rings. The van der Waals surface area contributed by atoms with Crippen molar-refractivity contribution in [2.45, 2.75) is 54.5 Å². The number of allylic oxidation sites excluding steroid dienone is 1. The van der Waals surface area contributed by atoms with E-state index in [0.29, 0.717) is 50.8 Å². The summed E-state index contributed by atoms with van der Waals surface area (Å²) in [5, 5.41) is 0. The van der Waals surface area contributed by atoms with Crippen molar-refractivity contribution in [3.63, 3.8) is 0 Å². The molecule has 0 unspecified atom stereocenters. The molecule has 0 radical (unpaired) electrons. The van der Waals surface area contributed by atoms with Crippen molar-refractivity contribution in [1.82, 2.24) is 14.0 Å². The number of ether oxygens (including phenoxy) is 2. The molecule has 0 saturated carbocycles. The van der Waals surface area contributed by atoms with E-state index in [1.807, 2.05) is 32.9 Å². The third kappa shape index (κ3) is 5.19. The van der Waals surface area contributed by atoms with Gasteiger partial charge in [-0.05, 0) is 95.5 Å². The second-order valence-electron chi connectivity index (χ2n) is 11.1. The predicted molar refractivity (Wildman–Crippen MR) is 176 cm³/mol. The van der Waals surface area contributed by atoms with Crippen LogP contribution in [0.2, 0.25) is 0 Å². The molecule has 44 heavy (non-hydrogen) atoms. The minimum atomic E-state index is -0.742. The number of hydrogen-bond acceptors (Lipinski definition) is 6. The van der Waals surface area contributed by atoms with Crippen LogP contribution in [0.1, 0.15) is 60.5 Å². The van der Waals surface area contributed by atoms with E-state index in [0.717, 1.165) is 22.6 Å². The Bertz CT molecular complexity index is 1950. The Hall–Kier alpha value is -4.37. The first-order valence-corrected chi connectivity index (χ1v) is 15.7. The van der Waals surface area contributed by atoms with E-state index in [-0.39, 0.29) is 11.5 Å². The molecule has 230 valence electrons. The van der Waals surface area contributed by atoms with Crippen LogP contribution in [0, 0.1) is 27.7 Å². The Morgan fingerprint density at radius 3 is 2.30 bits per heavy atom. The maximum Gasteiger partial charge on any atom is 0.271 e. The summed E-state index contributed by atoms with van der Waals surface area (Å²) in [5.41, 5.74) is 8.11. The van der Waals surface area contributed by atoms with Crippen molar-refractivity contribution in [3.05, 3.63) is 107 Å². The van der Waals surface area contributed by atoms with Crippen molar-refractivity contribution < 1.29 is 14.3 Å². The first kappa shape index (κ1) is 31.1. The number of fused-ring (bicyclic) bond motifs is 1. The maximum absolute atomic E-state index is 14.4. The number of aromatic nitrogens is 2. The molecule has 1 aliphatic rings. The van der Waals surface area contributed by atoms with Gasteiger partial charge in [0.25, 0.3) is 11.5 Å². The predicted octanol–water partition coefficient (Wildman–Crippen LogP) is 5.15. The van der Waals surface area contributed by atoms with Crippen molar-refractivity contribution in [2.24, 2.45) is 4.99 Å². The van der Waals surface area contributed by atoms with Crippen LogP contribution in [-0.2, 0) is 4.79 Å². The van der Waals surface area contributed by atoms with Crippen molar-refractivity contribution >= 4 is 23.3 Å². The van der Waals surface area contributed by atoms with E-state index < -0.39 is 6.04 Å². The number of thiazole rings is 1. The fourth-order valence-electron chi connectivity index (χ4n) is 6.20. The highest BCUT2D eigenvalue weighted by molar-refractivity contribution is 7.07. The van der Waals surface area contributed by atoms with Gasteiger partial charge in [0.15, 0.2) is 4.80 Å². The molecule has 1 atom stereocenters. The summed E-state index contributed by atoms with van der Waals surface area (Å²) < 4.78 is 15.8. The smallest absolute Gasteiger partial charge is 0.271 e. The monoisotopic (exact) mass is 612 g/mol. The van der Waals surface area contributed by atoms with Crippen molar-refractivity contribution in [3.8, 4) is 17.2 Å². The van der Waals surface area contributed by atoms with Crippen LogP contribution < -0.4 is 24.4 Å². The van der Waals surface area contributed by atoms with Gasteiger partial charge in [0.1, 0.15) is 17.5 Å². The molecule has 0 spiro atoms. The number of likely N-dealkylation sites (N-methyl/N-ethyl adjacent to an activating group) is 1. The normalized spacial score (nSPS) is 14.8. The molecule has 0 bridgehead atoms. The molecular formula is C35H40N4O4S. The standard InChI is InChI=1S/C35H40N4O4S/c1-10-37(11-2)34(41)30-23(6)36-35-39(32(30)27-19-26(42-8)15-16-28(27)43-9)33(40)29(44-35)18-25-17-22(5)38(24(25)7)31-20(3)13-12-14-21(31)4/h12-19,32H,10-11H2,1-9H3/b29-18+/t32-/m0/s1. The summed E-state index contributed by atoms with van der Waals surface area (Å²) in [6.45, 7) is 15.2. The number of benzene rings is 2. The van der Waals surface area contributed by atoms with E-state index in [4.69, 9.17) is 14.5 Å². The fourth-order valence-corrected chi connectivity index (χ4v) is 7.24. The van der Waals surface area contributed by atoms with Gasteiger partial charge in [-0.25, -0.2) is 4.99 Å². The second kappa shape index (κ2) is 12.3. The van der Waals surface area contributed by atoms with Gasteiger partial charge in [0.2, 0.25) is 0 Å². The number of nitrogens with zero attached hydrogens (tertiary/aromatic N) is 4. The van der Waals surface area contributed by atoms with Crippen LogP contribution in [0.5, 0.6) is 11.5 Å². The van der Waals surface area contributed by atoms with E-state index >= 15 is 0 Å². The summed E-state index contributed by atoms with van der Waals surface area (Å²) in [7, 11) is 3.18. The third-order valence-corrected chi connectivity index (χ3v) is 9.44. The quantitative estimate of drug-likeness (QED) is 0.276. The zero-order valence-corrected chi connectivity index (χ0v) is 27.8. The second-order valence-corrected chi connectivity index (χ2v) is 12.1. The van der Waals surface area contributed by atoms with Crippen LogP contribution in [0.3, 0.4) is 0 Å². The highest BCUT2D eigenvalue weighted by Gasteiger charge is 2.36. The number of amides is 1. The highest BCUT2D eigenvalue weighted by Crippen LogP contribution is 2.38. The minimum Gasteiger partial charge on any atom is -0.497 e. The van der Waals surface area contributed by atoms with Gasteiger partial charge in [-0.1, -0.05) is 29.5 Å². The van der Waals surface area contributed by atoms with Crippen LogP contribution in [0.4, 0.5) is 0 Å². The molecule has 0 fully saturated rings. The number of carbonyl (C=O) groups is 1. The summed E-state index contributed by atoms with van der Waals surface area (Å²) >= 11 is 1.33. The van der Waals surface area contributed by atoms with Crippen LogP contribution in [0.15, 0.2) is 63.5 Å². The number of hydrogen-bond donors (Lipinski definition) is 0. The molecule has 9 heteroatoms. The van der Waals surface area contributed by atoms with Crippen LogP contribution in [0.25, 0.3) is 11.8 Å². The molecule has 1 amide bonds. The van der Waals surface area contributed by atoms with E-state index in [1.165, 1.54) is 22.5 Å². The SMILES string of the molecule is CCN(CC)C(=O)C1=C(C)N=c2s/c(=C/c3cc(C)n(-c4c(C)cccc4C)c3C)c(=O)n2[C@H]1c1cc(OC)ccc1OC. The minimum absolute atomic E-state index is 0.155. The van der Waals surface area contributed by atoms with E-state index in [1.54, 1.807) is 35.8 Å². The Balaban J connectivity index is 1.76. The van der Waals surface area contributed by atoms with Gasteiger partial charge < -0.3 is 18.9 Å². The molecule has 0 saturated heterocycles. The van der Waals surface area contributed by atoms with Crippen molar-refractivity contribution in [2.75, 3.05) is 27.3 Å². The van der Waals surface area contributed by atoms with Crippen molar-refractivity contribution in [1.29, 1.82) is 0 Å². The Labute approximate surface area is 262 Å². The lowest BCUT2D eigenvalue weighted by Gasteiger charge is -2.30. The van der Waals surface area contributed by atoms with E-state index in [2.05, 4.69) is 56.5 Å². The van der Waals surface area contributed by atoms with Crippen LogP contribution >= 0.6 is 11.3 Å². The molecule has 2 aromatic carbocycles. The third-order valence-electron chi connectivity index (χ3n) is 8.45. The topological polar surface area (TPSA) is 78.1 Å². The lowest BCUT2D eigenvalue weighted by atomic mass is 9.93. The van der Waals surface area contributed by atoms with Gasteiger partial charge in [-0.3, -0.25) is 14.2 Å². The first-order valence-electron chi connectivity index (χ1n) is 14.8. The van der Waals surface area contributed by atoms with Gasteiger partial charge >= 0.3 is 0 Å². The average molecular weight is 613 g/mol. The summed E-state index contributed by atoms with van der Waals surface area (Å²) in [4.78, 5) is 35.5. The summed E-state index contributed by atoms with van der Waals surface area (Å²) in [6.07, 6.45) is 1.95. The van der Waals surface area contributed by atoms with Gasteiger partial charge in [0.05, 0.1) is 35.7 Å². The lowest BCUT2D eigenvalue weighted by Crippen LogP contribution is -2.43. The number of aryl methyl sites for hydroxylation is 3. The Morgan fingerprint density at radius 1 is 1.00 bits per heavy atom. The maximum atomic E-state index is 14.4. The molecule has 5 rings (SSSR count). The average Bonchev–Trinajstić information content (AvgIpc) is 3.46. The van der Waals surface area contributed by atoms with Gasteiger partial charge in [0, 0.05) is 30.0 Å². The zero-order valence-electron chi connectivity index (χ0n) is 26.9. The Morgan fingerprint density at radius 2 is 1.68 bits per heavy atom. The molecule has 0 aliphatic carbocycles. The van der Waals surface area contributed by atoms with Crippen LogP contribution in [-0.4, -0.2) is 47.3 Å². The number of rotatable bonds is 8. The lowest BCUT2D eigenvalue weighted by molar-refractivity contribution is -0.127. The number of para-hydroxylation sites is 1. The van der Waals surface area contributed by atoms with Gasteiger partial charge in [-0.15, -0.1) is 0 Å². The summed E-state index contributed by atoms with van der Waals surface area (Å²) in [6, 6.07) is 13.1. The number of carbonyl (C=O) groups excluding carboxylic acids is 1. The number of methoxy groups -OCH3 is 2. The molecular weight excluding hydrogens is 572 g/mol. The fraction of sp³-hybridized carbons (Fsp3) is 0.343. The summed E-state index contributed by atoms with van der Waals surface area (Å²) in [5.74, 6) is 1.01. The molecule has 1 aliphatic heterocycles. The highest BCUT2D eigenvalue weighted by atomic mass is 32.1. The first-order chi connectivity index (χ1) is 21.1. The molecule has 8 nitrogen and oxygen atoms in total. The molecule has 0 N–H and O–H groups in total. The molecule has 3 heterocycles. The largest absolute Gasteiger partial charge is 0.497 e. The van der Waals surface area contributed by atoms with Gasteiger partial charge in [-0.2, -0.15) is 0 Å².